The van der Waals surface area contributed by atoms with E-state index in [9.17, 15) is 9.18 Å². The monoisotopic (exact) mass is 353 g/mol. The maximum Gasteiger partial charge on any atom is 0.310 e. The van der Waals surface area contributed by atoms with Crippen molar-refractivity contribution < 1.29 is 13.9 Å². The van der Waals surface area contributed by atoms with Crippen molar-refractivity contribution in [1.82, 2.24) is 15.0 Å². The minimum atomic E-state index is -0.521. The van der Waals surface area contributed by atoms with Gasteiger partial charge < -0.3 is 15.8 Å². The third-order valence-corrected chi connectivity index (χ3v) is 3.33. The van der Waals surface area contributed by atoms with Crippen molar-refractivity contribution in [3.8, 4) is 0 Å². The molecular formula is C18H16FN5O2. The summed E-state index contributed by atoms with van der Waals surface area (Å²) in [6.45, 7) is -0.162. The van der Waals surface area contributed by atoms with Crippen LogP contribution in [0.15, 0.2) is 54.6 Å². The standard InChI is InChI=1S/C18H16FN5O2/c19-13-6-4-5-12(9-13)10-16(25)26-11-15-22-17(20)24-18(23-15)21-14-7-2-1-3-8-14/h1-9H,10-11H2,(H3,20,21,22,23,24). The molecule has 0 aliphatic rings. The molecule has 3 aromatic rings. The number of nitrogens with two attached hydrogens (primary N) is 1. The molecule has 1 heterocycles. The van der Waals surface area contributed by atoms with Crippen LogP contribution in [0.4, 0.5) is 22.0 Å². The van der Waals surface area contributed by atoms with E-state index in [4.69, 9.17) is 10.5 Å². The Bertz CT molecular complexity index is 905. The molecule has 0 unspecified atom stereocenters. The van der Waals surface area contributed by atoms with Gasteiger partial charge in [0.05, 0.1) is 6.42 Å². The van der Waals surface area contributed by atoms with Crippen molar-refractivity contribution >= 4 is 23.6 Å². The van der Waals surface area contributed by atoms with Crippen LogP contribution in [-0.2, 0) is 22.6 Å². The van der Waals surface area contributed by atoms with Gasteiger partial charge in [-0.2, -0.15) is 15.0 Å². The zero-order valence-corrected chi connectivity index (χ0v) is 13.7. The molecule has 0 saturated heterocycles. The van der Waals surface area contributed by atoms with Crippen LogP contribution >= 0.6 is 0 Å². The average Bonchev–Trinajstić information content (AvgIpc) is 2.60. The molecule has 3 rings (SSSR count). The Morgan fingerprint density at radius 1 is 1.08 bits per heavy atom. The Morgan fingerprint density at radius 3 is 2.65 bits per heavy atom. The van der Waals surface area contributed by atoms with Crippen LogP contribution in [0, 0.1) is 5.82 Å². The molecule has 0 aliphatic heterocycles. The zero-order chi connectivity index (χ0) is 18.4. The van der Waals surface area contributed by atoms with E-state index in [1.807, 2.05) is 30.3 Å². The molecule has 0 saturated carbocycles. The number of hydrogen-bond donors (Lipinski definition) is 2. The second kappa shape index (κ2) is 8.02. The lowest BCUT2D eigenvalue weighted by molar-refractivity contribution is -0.144. The number of para-hydroxylation sites is 1. The Hall–Kier alpha value is -3.55. The second-order valence-electron chi connectivity index (χ2n) is 5.39. The molecule has 0 aliphatic carbocycles. The molecule has 132 valence electrons. The first-order valence-corrected chi connectivity index (χ1v) is 7.81. The molecule has 3 N–H and O–H groups in total. The fourth-order valence-electron chi connectivity index (χ4n) is 2.22. The Labute approximate surface area is 149 Å². The number of esters is 1. The van der Waals surface area contributed by atoms with Gasteiger partial charge >= 0.3 is 5.97 Å². The van der Waals surface area contributed by atoms with Gasteiger partial charge in [0.25, 0.3) is 0 Å². The number of anilines is 3. The first kappa shape index (κ1) is 17.3. The number of aromatic nitrogens is 3. The Balaban J connectivity index is 1.61. The summed E-state index contributed by atoms with van der Waals surface area (Å²) in [5.41, 5.74) is 6.98. The quantitative estimate of drug-likeness (QED) is 0.657. The number of carbonyl (C=O) groups is 1. The molecule has 8 heteroatoms. The van der Waals surface area contributed by atoms with E-state index < -0.39 is 11.8 Å². The molecule has 7 nitrogen and oxygen atoms in total. The zero-order valence-electron chi connectivity index (χ0n) is 13.7. The van der Waals surface area contributed by atoms with Gasteiger partial charge in [-0.1, -0.05) is 30.3 Å². The van der Waals surface area contributed by atoms with Crippen molar-refractivity contribution in [3.63, 3.8) is 0 Å². The van der Waals surface area contributed by atoms with Crippen molar-refractivity contribution in [2.75, 3.05) is 11.1 Å². The number of hydrogen-bond acceptors (Lipinski definition) is 7. The minimum absolute atomic E-state index is 0.00890. The van der Waals surface area contributed by atoms with Crippen LogP contribution in [0.3, 0.4) is 0 Å². The summed E-state index contributed by atoms with van der Waals surface area (Å²) >= 11 is 0. The number of halogens is 1. The molecule has 2 aromatic carbocycles. The van der Waals surface area contributed by atoms with E-state index in [2.05, 4.69) is 20.3 Å². The van der Waals surface area contributed by atoms with Crippen molar-refractivity contribution in [2.45, 2.75) is 13.0 Å². The van der Waals surface area contributed by atoms with Crippen molar-refractivity contribution in [3.05, 3.63) is 71.8 Å². The van der Waals surface area contributed by atoms with E-state index in [0.29, 0.717) is 5.56 Å². The van der Waals surface area contributed by atoms with E-state index in [1.165, 1.54) is 18.2 Å². The van der Waals surface area contributed by atoms with Gasteiger partial charge in [0.2, 0.25) is 11.9 Å². The topological polar surface area (TPSA) is 103 Å². The molecule has 26 heavy (non-hydrogen) atoms. The van der Waals surface area contributed by atoms with E-state index >= 15 is 0 Å². The maximum atomic E-state index is 13.1. The van der Waals surface area contributed by atoms with Crippen LogP contribution in [0.5, 0.6) is 0 Å². The third-order valence-electron chi connectivity index (χ3n) is 3.33. The molecule has 0 spiro atoms. The van der Waals surface area contributed by atoms with Crippen LogP contribution < -0.4 is 11.1 Å². The number of rotatable bonds is 6. The highest BCUT2D eigenvalue weighted by molar-refractivity contribution is 5.72. The summed E-state index contributed by atoms with van der Waals surface area (Å²) in [5.74, 6) is -0.456. The molecule has 0 bridgehead atoms. The fraction of sp³-hybridized carbons (Fsp3) is 0.111. The van der Waals surface area contributed by atoms with Crippen molar-refractivity contribution in [2.24, 2.45) is 0 Å². The summed E-state index contributed by atoms with van der Waals surface area (Å²) in [6.07, 6.45) is -0.0482. The van der Waals surface area contributed by atoms with Gasteiger partial charge in [0.1, 0.15) is 5.82 Å². The van der Waals surface area contributed by atoms with E-state index in [0.717, 1.165) is 5.69 Å². The molecule has 0 fully saturated rings. The minimum Gasteiger partial charge on any atom is -0.457 e. The van der Waals surface area contributed by atoms with Crippen LogP contribution in [-0.4, -0.2) is 20.9 Å². The number of nitrogens with one attached hydrogen (secondary N) is 1. The summed E-state index contributed by atoms with van der Waals surface area (Å²) in [6, 6.07) is 15.1. The number of nitrogens with zero attached hydrogens (tertiary/aromatic N) is 3. The first-order valence-electron chi connectivity index (χ1n) is 7.81. The molecule has 0 amide bonds. The lowest BCUT2D eigenvalue weighted by Gasteiger charge is -2.08. The van der Waals surface area contributed by atoms with E-state index in [1.54, 1.807) is 6.07 Å². The summed E-state index contributed by atoms with van der Waals surface area (Å²) in [4.78, 5) is 24.0. The van der Waals surface area contributed by atoms with Gasteiger partial charge in [-0.05, 0) is 29.8 Å². The van der Waals surface area contributed by atoms with Gasteiger partial charge in [-0.15, -0.1) is 0 Å². The highest BCUT2D eigenvalue weighted by Crippen LogP contribution is 2.13. The van der Waals surface area contributed by atoms with Crippen LogP contribution in [0.1, 0.15) is 11.4 Å². The lowest BCUT2D eigenvalue weighted by atomic mass is 10.1. The molecule has 0 atom stereocenters. The number of nitrogen functional groups attached to an aromatic ring is 1. The summed E-state index contributed by atoms with van der Waals surface area (Å²) in [7, 11) is 0. The maximum absolute atomic E-state index is 13.1. The SMILES string of the molecule is Nc1nc(COC(=O)Cc2cccc(F)c2)nc(Nc2ccccc2)n1. The predicted molar refractivity (Wildman–Crippen MR) is 93.9 cm³/mol. The largest absolute Gasteiger partial charge is 0.457 e. The fourth-order valence-corrected chi connectivity index (χ4v) is 2.22. The number of carbonyl (C=O) groups excluding carboxylic acids is 1. The van der Waals surface area contributed by atoms with Gasteiger partial charge in [0.15, 0.2) is 12.4 Å². The number of benzene rings is 2. The number of ether oxygens (including phenoxy) is 1. The second-order valence-corrected chi connectivity index (χ2v) is 5.39. The van der Waals surface area contributed by atoms with Gasteiger partial charge in [-0.3, -0.25) is 4.79 Å². The lowest BCUT2D eigenvalue weighted by Crippen LogP contribution is -2.12. The molecule has 0 radical (unpaired) electrons. The molecule has 1 aromatic heterocycles. The first-order chi connectivity index (χ1) is 12.6. The predicted octanol–water partition coefficient (Wildman–Crippen LogP) is 2.62. The van der Waals surface area contributed by atoms with Gasteiger partial charge in [-0.25, -0.2) is 4.39 Å². The van der Waals surface area contributed by atoms with Crippen LogP contribution in [0.25, 0.3) is 0 Å². The van der Waals surface area contributed by atoms with E-state index in [-0.39, 0.29) is 30.7 Å². The highest BCUT2D eigenvalue weighted by atomic mass is 19.1. The average molecular weight is 353 g/mol. The summed E-state index contributed by atoms with van der Waals surface area (Å²) < 4.78 is 18.3. The normalized spacial score (nSPS) is 10.3. The third kappa shape index (κ3) is 4.97. The Morgan fingerprint density at radius 2 is 1.88 bits per heavy atom. The molecular weight excluding hydrogens is 337 g/mol. The Kier molecular flexibility index (Phi) is 5.33. The van der Waals surface area contributed by atoms with Gasteiger partial charge in [0, 0.05) is 5.69 Å². The highest BCUT2D eigenvalue weighted by Gasteiger charge is 2.10. The summed E-state index contributed by atoms with van der Waals surface area (Å²) in [5, 5.41) is 2.99. The van der Waals surface area contributed by atoms with Crippen LogP contribution in [0.2, 0.25) is 0 Å². The van der Waals surface area contributed by atoms with Crippen molar-refractivity contribution in [1.29, 1.82) is 0 Å². The smallest absolute Gasteiger partial charge is 0.310 e.